The third kappa shape index (κ3) is 4.35. The summed E-state index contributed by atoms with van der Waals surface area (Å²) in [6, 6.07) is 3.83. The van der Waals surface area contributed by atoms with Crippen molar-refractivity contribution in [3.05, 3.63) is 28.9 Å². The van der Waals surface area contributed by atoms with Crippen LogP contribution in [0.25, 0.3) is 20.4 Å². The van der Waals surface area contributed by atoms with Crippen LogP contribution in [0.5, 0.6) is 5.75 Å². The van der Waals surface area contributed by atoms with E-state index in [0.717, 1.165) is 49.7 Å². The molecule has 33 heavy (non-hydrogen) atoms. The van der Waals surface area contributed by atoms with Gasteiger partial charge in [0, 0.05) is 23.4 Å². The molecule has 0 radical (unpaired) electrons. The number of hydrogen-bond acceptors (Lipinski definition) is 10. The van der Waals surface area contributed by atoms with E-state index in [0.29, 0.717) is 12.2 Å². The number of hydrogen-bond donors (Lipinski definition) is 3. The first-order valence-corrected chi connectivity index (χ1v) is 12.2. The minimum Gasteiger partial charge on any atom is -0.494 e. The van der Waals surface area contributed by atoms with Gasteiger partial charge in [0.05, 0.1) is 28.5 Å². The zero-order valence-electron chi connectivity index (χ0n) is 18.5. The summed E-state index contributed by atoms with van der Waals surface area (Å²) in [5.74, 6) is 1.26. The quantitative estimate of drug-likeness (QED) is 0.380. The molecule has 1 aromatic carbocycles. The molecule has 3 N–H and O–H groups in total. The van der Waals surface area contributed by atoms with Crippen LogP contribution >= 0.6 is 22.9 Å². The molecule has 1 aliphatic carbocycles. The third-order valence-electron chi connectivity index (χ3n) is 5.73. The SMILES string of the molecule is COc1cc2nnsc2cc1Nc1ncnc2sc3c(c12)CC[C@H](C(=O)NCC(C)(C)O)C3. The van der Waals surface area contributed by atoms with E-state index in [1.165, 1.54) is 17.1 Å². The van der Waals surface area contributed by atoms with Crippen molar-refractivity contribution in [2.45, 2.75) is 38.7 Å². The fourth-order valence-corrected chi connectivity index (χ4v) is 5.93. The van der Waals surface area contributed by atoms with E-state index >= 15 is 0 Å². The number of aryl methyl sites for hydroxylation is 1. The highest BCUT2D eigenvalue weighted by Gasteiger charge is 2.30. The van der Waals surface area contributed by atoms with Gasteiger partial charge in [-0.15, -0.1) is 16.4 Å². The largest absolute Gasteiger partial charge is 0.494 e. The predicted molar refractivity (Wildman–Crippen MR) is 129 cm³/mol. The van der Waals surface area contributed by atoms with Crippen molar-refractivity contribution in [3.8, 4) is 5.75 Å². The van der Waals surface area contributed by atoms with E-state index in [1.54, 1.807) is 38.6 Å². The number of aliphatic hydroxyl groups is 1. The van der Waals surface area contributed by atoms with Crippen molar-refractivity contribution < 1.29 is 14.6 Å². The van der Waals surface area contributed by atoms with Crippen LogP contribution in [-0.2, 0) is 17.6 Å². The van der Waals surface area contributed by atoms with Gasteiger partial charge in [-0.25, -0.2) is 9.97 Å². The molecule has 5 rings (SSSR count). The third-order valence-corrected chi connectivity index (χ3v) is 7.58. The van der Waals surface area contributed by atoms with Crippen molar-refractivity contribution >= 4 is 60.7 Å². The maximum atomic E-state index is 12.7. The smallest absolute Gasteiger partial charge is 0.223 e. The summed E-state index contributed by atoms with van der Waals surface area (Å²) in [7, 11) is 1.62. The van der Waals surface area contributed by atoms with Gasteiger partial charge in [-0.05, 0) is 56.3 Å². The van der Waals surface area contributed by atoms with E-state index in [9.17, 15) is 9.90 Å². The Hall–Kier alpha value is -2.89. The lowest BCUT2D eigenvalue weighted by Gasteiger charge is -2.24. The number of fused-ring (bicyclic) bond motifs is 4. The lowest BCUT2D eigenvalue weighted by atomic mass is 9.87. The molecule has 3 aromatic heterocycles. The lowest BCUT2D eigenvalue weighted by Crippen LogP contribution is -2.42. The fourth-order valence-electron chi connectivity index (χ4n) is 4.08. The first-order valence-electron chi connectivity index (χ1n) is 10.6. The molecule has 11 heteroatoms. The Morgan fingerprint density at radius 2 is 2.18 bits per heavy atom. The zero-order valence-corrected chi connectivity index (χ0v) is 20.1. The Morgan fingerprint density at radius 1 is 1.33 bits per heavy atom. The normalized spacial score (nSPS) is 16.1. The number of methoxy groups -OCH3 is 1. The van der Waals surface area contributed by atoms with E-state index in [-0.39, 0.29) is 18.4 Å². The summed E-state index contributed by atoms with van der Waals surface area (Å²) >= 11 is 2.94. The molecule has 0 bridgehead atoms. The number of nitrogens with zero attached hydrogens (tertiary/aromatic N) is 4. The predicted octanol–water partition coefficient (Wildman–Crippen LogP) is 3.44. The summed E-state index contributed by atoms with van der Waals surface area (Å²) in [5, 5.41) is 21.3. The van der Waals surface area contributed by atoms with Crippen LogP contribution in [-0.4, -0.2) is 49.8 Å². The van der Waals surface area contributed by atoms with Gasteiger partial charge in [0.25, 0.3) is 0 Å². The van der Waals surface area contributed by atoms with Crippen LogP contribution in [0, 0.1) is 5.92 Å². The van der Waals surface area contributed by atoms with Crippen LogP contribution in [0.2, 0.25) is 0 Å². The Kier molecular flexibility index (Phi) is 5.63. The summed E-state index contributed by atoms with van der Waals surface area (Å²) in [6.45, 7) is 3.61. The second-order valence-corrected chi connectivity index (χ2v) is 10.7. The molecular weight excluding hydrogens is 460 g/mol. The minimum atomic E-state index is -0.928. The molecular formula is C22H24N6O3S2. The van der Waals surface area contributed by atoms with E-state index in [4.69, 9.17) is 4.74 Å². The number of benzene rings is 1. The van der Waals surface area contributed by atoms with Crippen molar-refractivity contribution in [2.75, 3.05) is 19.0 Å². The first-order chi connectivity index (χ1) is 15.8. The van der Waals surface area contributed by atoms with Gasteiger partial charge in [-0.1, -0.05) is 4.49 Å². The van der Waals surface area contributed by atoms with Gasteiger partial charge >= 0.3 is 0 Å². The summed E-state index contributed by atoms with van der Waals surface area (Å²) in [5.41, 5.74) is 1.85. The molecule has 0 fully saturated rings. The van der Waals surface area contributed by atoms with Crippen molar-refractivity contribution in [1.29, 1.82) is 0 Å². The molecule has 1 aliphatic rings. The highest BCUT2D eigenvalue weighted by Crippen LogP contribution is 2.41. The standard InChI is InChI=1S/C22H24N6O3S2/c1-22(2,30)9-23-20(29)11-4-5-12-16(6-11)32-21-18(12)19(24-10-25-21)26-13-8-17-14(27-28-33-17)7-15(13)31-3/h7-8,10-11,30H,4-6,9H2,1-3H3,(H,23,29)(H,24,25,26)/t11-/m0/s1. The van der Waals surface area contributed by atoms with Crippen LogP contribution < -0.4 is 15.4 Å². The van der Waals surface area contributed by atoms with E-state index in [2.05, 4.69) is 30.2 Å². The maximum Gasteiger partial charge on any atom is 0.223 e. The topological polar surface area (TPSA) is 122 Å². The Balaban J connectivity index is 1.44. The number of carbonyl (C=O) groups excluding carboxylic acids is 1. The molecule has 3 heterocycles. The monoisotopic (exact) mass is 484 g/mol. The molecule has 1 amide bonds. The lowest BCUT2D eigenvalue weighted by molar-refractivity contribution is -0.126. The number of carbonyl (C=O) groups is 1. The van der Waals surface area contributed by atoms with Crippen LogP contribution in [0.15, 0.2) is 18.5 Å². The Bertz CT molecular complexity index is 1340. The molecule has 172 valence electrons. The first kappa shape index (κ1) is 21.9. The second kappa shape index (κ2) is 8.47. The minimum absolute atomic E-state index is 0.0131. The Morgan fingerprint density at radius 3 is 2.97 bits per heavy atom. The van der Waals surface area contributed by atoms with Crippen molar-refractivity contribution in [1.82, 2.24) is 24.9 Å². The van der Waals surface area contributed by atoms with Gasteiger partial charge in [-0.2, -0.15) is 0 Å². The number of rotatable bonds is 6. The number of amides is 1. The van der Waals surface area contributed by atoms with Crippen molar-refractivity contribution in [3.63, 3.8) is 0 Å². The number of ether oxygens (including phenoxy) is 1. The van der Waals surface area contributed by atoms with Gasteiger partial charge in [0.2, 0.25) is 5.91 Å². The Labute approximate surface area is 198 Å². The fraction of sp³-hybridized carbons (Fsp3) is 0.409. The number of nitrogens with one attached hydrogen (secondary N) is 2. The molecule has 4 aromatic rings. The number of anilines is 2. The molecule has 0 saturated heterocycles. The average Bonchev–Trinajstić information content (AvgIpc) is 3.39. The average molecular weight is 485 g/mol. The summed E-state index contributed by atoms with van der Waals surface area (Å²) in [6.07, 6.45) is 3.73. The van der Waals surface area contributed by atoms with Gasteiger partial charge in [0.15, 0.2) is 0 Å². The zero-order chi connectivity index (χ0) is 23.2. The molecule has 0 aliphatic heterocycles. The van der Waals surface area contributed by atoms with E-state index in [1.807, 2.05) is 12.1 Å². The van der Waals surface area contributed by atoms with E-state index < -0.39 is 5.60 Å². The molecule has 1 atom stereocenters. The number of aromatic nitrogens is 4. The number of thiophene rings is 1. The van der Waals surface area contributed by atoms with Crippen LogP contribution in [0.3, 0.4) is 0 Å². The highest BCUT2D eigenvalue weighted by atomic mass is 32.1. The van der Waals surface area contributed by atoms with Gasteiger partial charge in [-0.3, -0.25) is 4.79 Å². The molecule has 0 saturated carbocycles. The molecule has 9 nitrogen and oxygen atoms in total. The summed E-state index contributed by atoms with van der Waals surface area (Å²) < 4.78 is 10.5. The van der Waals surface area contributed by atoms with Gasteiger partial charge < -0.3 is 20.5 Å². The summed E-state index contributed by atoms with van der Waals surface area (Å²) in [4.78, 5) is 23.7. The van der Waals surface area contributed by atoms with Crippen LogP contribution in [0.1, 0.15) is 30.7 Å². The molecule has 0 unspecified atom stereocenters. The molecule has 0 spiro atoms. The maximum absolute atomic E-state index is 12.7. The highest BCUT2D eigenvalue weighted by molar-refractivity contribution is 7.19. The second-order valence-electron chi connectivity index (χ2n) is 8.79. The van der Waals surface area contributed by atoms with Crippen LogP contribution in [0.4, 0.5) is 11.5 Å². The van der Waals surface area contributed by atoms with Gasteiger partial charge in [0.1, 0.15) is 28.2 Å². The van der Waals surface area contributed by atoms with Crippen molar-refractivity contribution in [2.24, 2.45) is 5.92 Å².